The van der Waals surface area contributed by atoms with E-state index in [0.29, 0.717) is 77.4 Å². The van der Waals surface area contributed by atoms with E-state index in [1.165, 1.54) is 0 Å². The highest BCUT2D eigenvalue weighted by atomic mass is 35.5. The van der Waals surface area contributed by atoms with Crippen LogP contribution in [0.2, 0.25) is 0 Å². The lowest BCUT2D eigenvalue weighted by Gasteiger charge is -2.34. The molecule has 0 spiro atoms. The summed E-state index contributed by atoms with van der Waals surface area (Å²) in [5.41, 5.74) is 15.4. The Kier molecular flexibility index (Phi) is 58.0. The molecule has 5 saturated heterocycles. The first-order chi connectivity index (χ1) is 60.3. The fourth-order valence-electron chi connectivity index (χ4n) is 13.9. The normalized spacial score (nSPS) is 21.9. The van der Waals surface area contributed by atoms with Gasteiger partial charge in [0.1, 0.15) is 29.5 Å². The predicted molar refractivity (Wildman–Crippen MR) is 500 cm³/mol. The summed E-state index contributed by atoms with van der Waals surface area (Å²) >= 11 is 0. The number of ether oxygens (including phenoxy) is 2. The molecule has 7 fully saturated rings. The van der Waals surface area contributed by atoms with Gasteiger partial charge in [-0.05, 0) is 223 Å². The molecule has 0 aromatic carbocycles. The van der Waals surface area contributed by atoms with Gasteiger partial charge in [-0.2, -0.15) is 5.26 Å². The number of aliphatic carboxylic acids is 1. The van der Waals surface area contributed by atoms with Crippen LogP contribution in [0, 0.1) is 164 Å². The Hall–Kier alpha value is -8.91. The van der Waals surface area contributed by atoms with Crippen molar-refractivity contribution < 1.29 is 112 Å². The summed E-state index contributed by atoms with van der Waals surface area (Å²) < 4.78 is 113. The lowest BCUT2D eigenvalue weighted by Crippen LogP contribution is -2.52. The van der Waals surface area contributed by atoms with Gasteiger partial charge in [0.05, 0.1) is 50.2 Å². The van der Waals surface area contributed by atoms with Crippen LogP contribution < -0.4 is 49.1 Å². The third-order valence-corrected chi connectivity index (χ3v) is 28.5. The number of carbonyl (C=O) groups excluding carboxylic acids is 10. The van der Waals surface area contributed by atoms with Crippen molar-refractivity contribution in [3.63, 3.8) is 0 Å². The van der Waals surface area contributed by atoms with Crippen molar-refractivity contribution in [2.24, 2.45) is 74.9 Å². The molecule has 2 saturated carbocycles. The lowest BCUT2D eigenvalue weighted by molar-refractivity contribution is -0.158. The summed E-state index contributed by atoms with van der Waals surface area (Å²) in [4.78, 5) is 133. The van der Waals surface area contributed by atoms with Gasteiger partial charge in [-0.3, -0.25) is 66.4 Å². The number of amides is 8. The first kappa shape index (κ1) is 125. The number of terminal acetylenes is 1. The number of ketones is 1. The summed E-state index contributed by atoms with van der Waals surface area (Å²) in [6.07, 6.45) is 9.47. The average Bonchev–Trinajstić information content (AvgIpc) is 0.794. The number of hydrogen-bond donors (Lipinski definition) is 10. The number of alkyl halides is 4. The highest BCUT2D eigenvalue weighted by molar-refractivity contribution is 7.80. The monoisotopic (exact) mass is 1960 g/mol. The first-order valence-corrected chi connectivity index (χ1v) is 48.7. The number of esters is 1. The van der Waals surface area contributed by atoms with Gasteiger partial charge in [0.15, 0.2) is 0 Å². The zero-order chi connectivity index (χ0) is 99.1. The Balaban J connectivity index is 0. The van der Waals surface area contributed by atoms with E-state index in [-0.39, 0.29) is 183 Å². The van der Waals surface area contributed by atoms with Crippen molar-refractivity contribution in [2.45, 2.75) is 281 Å². The quantitative estimate of drug-likeness (QED) is 0.0133. The van der Waals surface area contributed by atoms with Gasteiger partial charge in [0.2, 0.25) is 59.1 Å². The predicted octanol–water partition coefficient (Wildman–Crippen LogP) is 11.3. The number of morpholine rings is 1. The van der Waals surface area contributed by atoms with E-state index in [0.717, 1.165) is 26.3 Å². The molecular weight excluding hydrogens is 1820 g/mol. The number of Topliss-reactive ketones (excluding diaryl/α,β-unsaturated/α-hetero) is 1. The summed E-state index contributed by atoms with van der Waals surface area (Å²) in [6, 6.07) is -1.30. The minimum Gasteiger partial charge on any atom is -0.481 e. The van der Waals surface area contributed by atoms with Crippen LogP contribution in [-0.2, 0) is 88.8 Å². The summed E-state index contributed by atoms with van der Waals surface area (Å²) in [5.74, 6) is 24.2. The minimum absolute atomic E-state index is 0. The number of carboxylic acids is 1. The highest BCUT2D eigenvalue weighted by Crippen LogP contribution is 2.82. The lowest BCUT2D eigenvalue weighted by atomic mass is 9.76. The van der Waals surface area contributed by atoms with Crippen molar-refractivity contribution >= 4 is 113 Å². The second-order valence-corrected chi connectivity index (χ2v) is 44.2. The van der Waals surface area contributed by atoms with E-state index in [1.807, 2.05) is 68.4 Å². The second kappa shape index (κ2) is 61.2. The van der Waals surface area contributed by atoms with E-state index >= 15 is 0 Å². The smallest absolute Gasteiger partial charge is 0.345 e. The molecule has 738 valence electrons. The Bertz CT molecular complexity index is 4490. The number of carbonyl (C=O) groups is 11. The standard InChI is InChI=1S/C21H31F2N3O3.C20H35N3O5.C17H4.C14H26N4O3.C9H21O6P3.C6H8F2O2.C5H11NO.2ClH/c1-20(2,3)11-15(8-17(27)6-13-9-21(22,23)10-13)19(29)26-16(12-24)7-14-4-5-25-18(14)28;1-19(2,3)11-13(10-15(24)28-20(4,5)6)18(27)23-14(16(21)25)9-12-7-8-22-17(12)26;1-3-5-7-9-11-13-15-17-16-14-12-10-8-6-4-2;1-14(2,3)7-9(15)13(21)18-10(11(16)19)6-8-4-5-17-12(8)20;1-4-7-16(10)13-17(11,8-5-2)15-18(12,14-16)9-6-3;7-6(8)2-4(3-6)1-5(9)10;1-6-2-4-7-5-3-6;;/h13-16H,4-11H2,1-3H3,(H,25,28)(H,26,29);12-14H,7-11H2,1-6H3,(H2,21,25)(H,22,26)(H,23,27);1H,2H3;8-10H,4-7,15H2,1-3H3,(H2,16,19)(H,17,20)(H,18,21);4-9H2,1-3H3;4H,1-3H2,(H,9,10);2-5H2,1H3;2*1H/t14-,15-,16-;12-,13-,14-;;8-,9-,10-;;;;;/m00.0...../s1. The maximum atomic E-state index is 13.0. The molecule has 40 heteroatoms. The highest BCUT2D eigenvalue weighted by Gasteiger charge is 2.52. The van der Waals surface area contributed by atoms with Crippen LogP contribution >= 0.6 is 47.6 Å². The molecule has 0 aromatic heterocycles. The molecule has 132 heavy (non-hydrogen) atoms. The van der Waals surface area contributed by atoms with Gasteiger partial charge in [-0.15, -0.1) is 31.2 Å². The van der Waals surface area contributed by atoms with Crippen molar-refractivity contribution in [1.82, 2.24) is 36.8 Å². The number of rotatable bonds is 31. The van der Waals surface area contributed by atoms with Crippen LogP contribution in [0.5, 0.6) is 0 Å². The van der Waals surface area contributed by atoms with Gasteiger partial charge in [-0.25, -0.2) is 30.5 Å². The number of nitrogens with two attached hydrogens (primary N) is 3. The molecule has 0 unspecified atom stereocenters. The van der Waals surface area contributed by atoms with Crippen molar-refractivity contribution in [1.29, 1.82) is 5.26 Å². The number of carboxylic acid groups (broad SMARTS) is 1. The molecule has 13 N–H and O–H groups in total. The van der Waals surface area contributed by atoms with E-state index < -0.39 is 118 Å². The Morgan fingerprint density at radius 1 is 0.553 bits per heavy atom. The molecule has 9 atom stereocenters. The van der Waals surface area contributed by atoms with Crippen LogP contribution in [0.4, 0.5) is 17.6 Å². The van der Waals surface area contributed by atoms with Gasteiger partial charge in [0, 0.05) is 107 Å². The maximum Gasteiger partial charge on any atom is 0.345 e. The van der Waals surface area contributed by atoms with Crippen LogP contribution in [0.1, 0.15) is 239 Å². The van der Waals surface area contributed by atoms with Gasteiger partial charge >= 0.3 is 34.7 Å². The van der Waals surface area contributed by atoms with Crippen LogP contribution in [0.15, 0.2) is 0 Å². The molecule has 7 aliphatic rings. The number of nitrogens with zero attached hydrogens (tertiary/aromatic N) is 2. The molecule has 2 aliphatic carbocycles. The van der Waals surface area contributed by atoms with Crippen LogP contribution in [-0.4, -0.2) is 188 Å². The fourth-order valence-corrected chi connectivity index (χ4v) is 23.2. The molecule has 8 amide bonds. The minimum atomic E-state index is -3.57. The third kappa shape index (κ3) is 57.0. The summed E-state index contributed by atoms with van der Waals surface area (Å²) in [6.45, 7) is 35.8. The molecule has 5 heterocycles. The molecule has 7 rings (SSSR count). The number of nitriles is 1. The summed E-state index contributed by atoms with van der Waals surface area (Å²) in [5, 5.41) is 33.6. The maximum absolute atomic E-state index is 13.0. The molecule has 0 radical (unpaired) electrons. The molecule has 0 aromatic rings. The molecule has 0 bridgehead atoms. The van der Waals surface area contributed by atoms with Crippen LogP contribution in [0.3, 0.4) is 0 Å². The van der Waals surface area contributed by atoms with Crippen molar-refractivity contribution in [3.05, 3.63) is 0 Å². The van der Waals surface area contributed by atoms with E-state index in [4.69, 9.17) is 51.1 Å². The fraction of sp³-hybridized carbons (Fsp3) is 0.696. The average molecular weight is 1960 g/mol. The van der Waals surface area contributed by atoms with E-state index in [9.17, 15) is 89.3 Å². The number of halogens is 6. The Morgan fingerprint density at radius 2 is 0.894 bits per heavy atom. The van der Waals surface area contributed by atoms with Gasteiger partial charge < -0.3 is 68.6 Å². The molecule has 5 aliphatic heterocycles. The molecular formula is C92H138Cl2F4N11O20P3. The van der Waals surface area contributed by atoms with Crippen molar-refractivity contribution in [3.8, 4) is 101 Å². The number of primary amides is 2. The first-order valence-electron chi connectivity index (χ1n) is 43.5. The van der Waals surface area contributed by atoms with Crippen LogP contribution in [0.25, 0.3) is 0 Å². The number of likely N-dealkylation sites (N-methyl/N-ethyl adjacent to an activating group) is 1. The Labute approximate surface area is 790 Å². The van der Waals surface area contributed by atoms with Gasteiger partial charge in [0.25, 0.3) is 0 Å². The molecule has 31 nitrogen and oxygen atoms in total. The van der Waals surface area contributed by atoms with E-state index in [2.05, 4.69) is 133 Å². The second-order valence-electron chi connectivity index (χ2n) is 37.2. The van der Waals surface area contributed by atoms with Gasteiger partial charge in [-0.1, -0.05) is 89.0 Å². The number of nitrogens with one attached hydrogen (secondary N) is 6. The largest absolute Gasteiger partial charge is 0.481 e. The zero-order valence-electron chi connectivity index (χ0n) is 79.1. The SMILES string of the molecule is C#CC#CC#CC#CC#CC#CC#CC#CC.CC(C)(C)C[C@H](CC(=O)CC1CC(F)(F)C1)C(=O)N[C@H](C#N)C[C@@H]1CCNC1=O.CC(C)(C)C[C@H](CC(=O)OC(C)(C)C)C(=O)N[C@@H](C[C@@H]1CCNC1=O)C(N)=O.CC(C)(C)C[C@H](N)C(=O)N[C@@H](C[C@@H]1CCNC1=O)C(N)=O.CCCP1(=O)OP(=O)(CCC)OP(=O)(CCC)O1.CN1CCOCC1.Cl.Cl.O=C(O)CC1CC(F)(F)C1. The number of hydrogen-bond acceptors (Lipinski definition) is 22. The third-order valence-electron chi connectivity index (χ3n) is 19.5. The zero-order valence-corrected chi connectivity index (χ0v) is 83.5. The van der Waals surface area contributed by atoms with Crippen molar-refractivity contribution in [2.75, 3.05) is 71.5 Å². The topological polar surface area (TPSA) is 483 Å². The Morgan fingerprint density at radius 3 is 1.19 bits per heavy atom. The summed E-state index contributed by atoms with van der Waals surface area (Å²) in [7, 11) is -8.59. The van der Waals surface area contributed by atoms with E-state index in [1.54, 1.807) is 48.5 Å².